The Morgan fingerprint density at radius 3 is 2.28 bits per heavy atom. The molecule has 2 aromatic heterocycles. The summed E-state index contributed by atoms with van der Waals surface area (Å²) < 4.78 is 13.1. The topological polar surface area (TPSA) is 50.7 Å². The van der Waals surface area contributed by atoms with Gasteiger partial charge in [-0.15, -0.1) is 0 Å². The molecule has 0 spiro atoms. The minimum atomic E-state index is -0.225. The van der Waals surface area contributed by atoms with Gasteiger partial charge in [-0.3, -0.25) is 4.98 Å². The van der Waals surface area contributed by atoms with E-state index in [1.54, 1.807) is 18.6 Å². The van der Waals surface area contributed by atoms with Crippen LogP contribution in [-0.4, -0.2) is 21.5 Å². The average molecular weight is 336 g/mol. The molecule has 2 heterocycles. The molecule has 3 rings (SSSR count). The van der Waals surface area contributed by atoms with Crippen molar-refractivity contribution < 1.29 is 4.39 Å². The van der Waals surface area contributed by atoms with Crippen LogP contribution in [-0.2, 0) is 5.41 Å². The second-order valence-electron chi connectivity index (χ2n) is 6.79. The molecule has 0 fully saturated rings. The molecule has 1 aromatic carbocycles. The van der Waals surface area contributed by atoms with Gasteiger partial charge in [0.2, 0.25) is 5.95 Å². The van der Waals surface area contributed by atoms with Crippen LogP contribution in [0.5, 0.6) is 0 Å². The maximum absolute atomic E-state index is 13.1. The van der Waals surface area contributed by atoms with Gasteiger partial charge in [0.15, 0.2) is 0 Å². The molecular weight excluding hydrogens is 315 g/mol. The molecule has 0 aliphatic heterocycles. The van der Waals surface area contributed by atoms with E-state index in [9.17, 15) is 4.39 Å². The van der Waals surface area contributed by atoms with E-state index in [0.717, 1.165) is 22.3 Å². The minimum absolute atomic E-state index is 0.170. The minimum Gasteiger partial charge on any atom is -0.353 e. The lowest BCUT2D eigenvalue weighted by atomic mass is 9.84. The number of aromatic nitrogens is 3. The summed E-state index contributed by atoms with van der Waals surface area (Å²) in [4.78, 5) is 13.0. The van der Waals surface area contributed by atoms with Crippen LogP contribution in [0, 0.1) is 12.7 Å². The summed E-state index contributed by atoms with van der Waals surface area (Å²) in [6.45, 7) is 6.84. The Balaban J connectivity index is 1.68. The van der Waals surface area contributed by atoms with E-state index in [4.69, 9.17) is 0 Å². The highest BCUT2D eigenvalue weighted by Gasteiger charge is 2.20. The number of halogens is 1. The summed E-state index contributed by atoms with van der Waals surface area (Å²) >= 11 is 0. The Morgan fingerprint density at radius 2 is 1.64 bits per heavy atom. The zero-order valence-corrected chi connectivity index (χ0v) is 14.6. The van der Waals surface area contributed by atoms with Crippen molar-refractivity contribution in [1.82, 2.24) is 15.0 Å². The van der Waals surface area contributed by atoms with E-state index in [1.165, 1.54) is 12.1 Å². The highest BCUT2D eigenvalue weighted by molar-refractivity contribution is 5.61. The van der Waals surface area contributed by atoms with Crippen LogP contribution < -0.4 is 5.32 Å². The fourth-order valence-corrected chi connectivity index (χ4v) is 2.58. The van der Waals surface area contributed by atoms with Crippen molar-refractivity contribution in [2.45, 2.75) is 26.2 Å². The zero-order valence-electron chi connectivity index (χ0n) is 14.6. The van der Waals surface area contributed by atoms with E-state index in [1.807, 2.05) is 25.3 Å². The van der Waals surface area contributed by atoms with Gasteiger partial charge >= 0.3 is 0 Å². The molecule has 1 N–H and O–H groups in total. The van der Waals surface area contributed by atoms with Crippen molar-refractivity contribution in [3.8, 4) is 11.1 Å². The van der Waals surface area contributed by atoms with Gasteiger partial charge in [-0.25, -0.2) is 14.4 Å². The van der Waals surface area contributed by atoms with Crippen LogP contribution in [0.1, 0.15) is 25.0 Å². The molecule has 3 aromatic rings. The van der Waals surface area contributed by atoms with Crippen molar-refractivity contribution in [3.05, 3.63) is 72.1 Å². The first-order chi connectivity index (χ1) is 11.9. The van der Waals surface area contributed by atoms with Gasteiger partial charge in [-0.05, 0) is 36.2 Å². The quantitative estimate of drug-likeness (QED) is 0.751. The summed E-state index contributed by atoms with van der Waals surface area (Å²) in [7, 11) is 0. The number of rotatable bonds is 5. The Bertz CT molecular complexity index is 842. The van der Waals surface area contributed by atoms with Crippen LogP contribution >= 0.6 is 0 Å². The van der Waals surface area contributed by atoms with Gasteiger partial charge < -0.3 is 5.32 Å². The number of hydrogen-bond donors (Lipinski definition) is 1. The molecule has 4 nitrogen and oxygen atoms in total. The second kappa shape index (κ2) is 6.97. The van der Waals surface area contributed by atoms with Crippen LogP contribution in [0.2, 0.25) is 0 Å². The van der Waals surface area contributed by atoms with E-state index in [2.05, 4.69) is 40.2 Å². The molecule has 0 aliphatic rings. The van der Waals surface area contributed by atoms with Crippen LogP contribution in [0.25, 0.3) is 11.1 Å². The molecule has 0 atom stereocenters. The van der Waals surface area contributed by atoms with Crippen LogP contribution in [0.3, 0.4) is 0 Å². The maximum Gasteiger partial charge on any atom is 0.222 e. The highest BCUT2D eigenvalue weighted by Crippen LogP contribution is 2.24. The smallest absolute Gasteiger partial charge is 0.222 e. The molecule has 0 bridgehead atoms. The average Bonchev–Trinajstić information content (AvgIpc) is 2.61. The zero-order chi connectivity index (χ0) is 17.9. The molecule has 0 radical (unpaired) electrons. The summed E-state index contributed by atoms with van der Waals surface area (Å²) in [5.74, 6) is 0.344. The fourth-order valence-electron chi connectivity index (χ4n) is 2.58. The number of aryl methyl sites for hydroxylation is 1. The second-order valence-corrected chi connectivity index (χ2v) is 6.79. The van der Waals surface area contributed by atoms with Crippen molar-refractivity contribution in [1.29, 1.82) is 0 Å². The Kier molecular flexibility index (Phi) is 4.74. The SMILES string of the molecule is Cc1cncc(-c2cnc(NCC(C)(C)c3ccc(F)cc3)nc2)c1. The van der Waals surface area contributed by atoms with Gasteiger partial charge in [0.05, 0.1) is 0 Å². The van der Waals surface area contributed by atoms with E-state index >= 15 is 0 Å². The van der Waals surface area contributed by atoms with Gasteiger partial charge in [-0.2, -0.15) is 0 Å². The highest BCUT2D eigenvalue weighted by atomic mass is 19.1. The first-order valence-corrected chi connectivity index (χ1v) is 8.18. The molecule has 5 heteroatoms. The lowest BCUT2D eigenvalue weighted by Crippen LogP contribution is -2.28. The first kappa shape index (κ1) is 17.0. The Labute approximate surface area is 147 Å². The molecule has 0 amide bonds. The van der Waals surface area contributed by atoms with Gasteiger partial charge in [0, 0.05) is 47.9 Å². The van der Waals surface area contributed by atoms with Gasteiger partial charge in [0.1, 0.15) is 5.82 Å². The monoisotopic (exact) mass is 336 g/mol. The van der Waals surface area contributed by atoms with E-state index in [-0.39, 0.29) is 11.2 Å². The summed E-state index contributed by atoms with van der Waals surface area (Å²) in [5, 5.41) is 3.26. The number of benzene rings is 1. The first-order valence-electron chi connectivity index (χ1n) is 8.18. The largest absolute Gasteiger partial charge is 0.353 e. The third-order valence-electron chi connectivity index (χ3n) is 4.17. The molecule has 25 heavy (non-hydrogen) atoms. The normalized spacial score (nSPS) is 11.4. The third-order valence-corrected chi connectivity index (χ3v) is 4.17. The predicted octanol–water partition coefficient (Wildman–Crippen LogP) is 4.38. The number of pyridine rings is 1. The van der Waals surface area contributed by atoms with Gasteiger partial charge in [0.25, 0.3) is 0 Å². The van der Waals surface area contributed by atoms with Crippen molar-refractivity contribution in [3.63, 3.8) is 0 Å². The molecule has 0 unspecified atom stereocenters. The van der Waals surface area contributed by atoms with Crippen LogP contribution in [0.15, 0.2) is 55.1 Å². The summed E-state index contributed by atoms with van der Waals surface area (Å²) in [5.41, 5.74) is 3.92. The molecule has 0 saturated heterocycles. The van der Waals surface area contributed by atoms with Crippen molar-refractivity contribution in [2.24, 2.45) is 0 Å². The molecule has 0 aliphatic carbocycles. The number of nitrogens with one attached hydrogen (secondary N) is 1. The van der Waals surface area contributed by atoms with E-state index in [0.29, 0.717) is 12.5 Å². The van der Waals surface area contributed by atoms with Gasteiger partial charge in [-0.1, -0.05) is 26.0 Å². The lowest BCUT2D eigenvalue weighted by molar-refractivity contribution is 0.551. The number of nitrogens with zero attached hydrogens (tertiary/aromatic N) is 3. The van der Waals surface area contributed by atoms with E-state index < -0.39 is 0 Å². The van der Waals surface area contributed by atoms with Crippen LogP contribution in [0.4, 0.5) is 10.3 Å². The van der Waals surface area contributed by atoms with Crippen molar-refractivity contribution in [2.75, 3.05) is 11.9 Å². The number of hydrogen-bond acceptors (Lipinski definition) is 4. The maximum atomic E-state index is 13.1. The number of anilines is 1. The molecule has 128 valence electrons. The molecule has 0 saturated carbocycles. The van der Waals surface area contributed by atoms with Crippen molar-refractivity contribution >= 4 is 5.95 Å². The standard InChI is InChI=1S/C20H21FN4/c1-14-8-15(10-22-9-14)16-11-23-19(24-12-16)25-13-20(2,3)17-4-6-18(21)7-5-17/h4-12H,13H2,1-3H3,(H,23,24,25). The molecular formula is C20H21FN4. The summed E-state index contributed by atoms with van der Waals surface area (Å²) in [6.07, 6.45) is 7.20. The fraction of sp³-hybridized carbons (Fsp3) is 0.250. The summed E-state index contributed by atoms with van der Waals surface area (Å²) in [6, 6.07) is 8.64. The lowest BCUT2D eigenvalue weighted by Gasteiger charge is -2.25. The predicted molar refractivity (Wildman–Crippen MR) is 97.9 cm³/mol. The Hall–Kier alpha value is -2.82. The third kappa shape index (κ3) is 4.18. The Morgan fingerprint density at radius 1 is 0.960 bits per heavy atom.